The molecule has 0 saturated heterocycles. The molecule has 0 spiro atoms. The van der Waals surface area contributed by atoms with Crippen LogP contribution in [-0.2, 0) is 0 Å². The van der Waals surface area contributed by atoms with Gasteiger partial charge < -0.3 is 5.11 Å². The summed E-state index contributed by atoms with van der Waals surface area (Å²) >= 11 is 0. The molecule has 1 aromatic heterocycles. The zero-order valence-corrected chi connectivity index (χ0v) is 10.4. The Balaban J connectivity index is 2.32. The number of aromatic nitrogens is 2. The molecule has 1 fully saturated rings. The molecule has 1 saturated carbocycles. The maximum absolute atomic E-state index is 13.2. The van der Waals surface area contributed by atoms with Gasteiger partial charge in [-0.15, -0.1) is 0 Å². The molecule has 0 aliphatic heterocycles. The monoisotopic (exact) mass is 256 g/mol. The smallest absolute Gasteiger partial charge is 0.328 e. The molecular weight excluding hydrogens is 239 g/mol. The van der Waals surface area contributed by atoms with Gasteiger partial charge in [0.25, 0.3) is 5.56 Å². The summed E-state index contributed by atoms with van der Waals surface area (Å²) in [6.45, 7) is 4.01. The number of H-pyrrole nitrogens is 1. The summed E-state index contributed by atoms with van der Waals surface area (Å²) in [4.78, 5) is 24.5. The number of rotatable bonds is 2. The second-order valence-corrected chi connectivity index (χ2v) is 5.24. The Kier molecular flexibility index (Phi) is 3.38. The minimum absolute atomic E-state index is 0.0943. The minimum Gasteiger partial charge on any atom is -0.393 e. The number of aliphatic hydroxyl groups is 1. The van der Waals surface area contributed by atoms with E-state index in [4.69, 9.17) is 0 Å². The highest BCUT2D eigenvalue weighted by Crippen LogP contribution is 2.38. The molecule has 1 unspecified atom stereocenters. The van der Waals surface area contributed by atoms with Crippen molar-refractivity contribution in [2.24, 2.45) is 11.8 Å². The normalized spacial score (nSPS) is 27.9. The molecule has 1 aliphatic carbocycles. The summed E-state index contributed by atoms with van der Waals surface area (Å²) < 4.78 is 14.4. The van der Waals surface area contributed by atoms with Crippen LogP contribution in [-0.4, -0.2) is 20.8 Å². The van der Waals surface area contributed by atoms with E-state index in [0.29, 0.717) is 18.8 Å². The number of nitrogens with zero attached hydrogens (tertiary/aromatic N) is 1. The van der Waals surface area contributed by atoms with Crippen molar-refractivity contribution in [3.63, 3.8) is 0 Å². The number of halogens is 1. The van der Waals surface area contributed by atoms with Crippen LogP contribution in [0.5, 0.6) is 0 Å². The van der Waals surface area contributed by atoms with Crippen molar-refractivity contribution in [2.45, 2.75) is 38.8 Å². The van der Waals surface area contributed by atoms with E-state index in [1.54, 1.807) is 0 Å². The Morgan fingerprint density at radius 2 is 2.11 bits per heavy atom. The van der Waals surface area contributed by atoms with Gasteiger partial charge in [-0.3, -0.25) is 14.3 Å². The maximum atomic E-state index is 13.2. The zero-order valence-electron chi connectivity index (χ0n) is 10.4. The number of nitrogens with one attached hydrogen (secondary N) is 1. The highest BCUT2D eigenvalue weighted by molar-refractivity contribution is 4.94. The summed E-state index contributed by atoms with van der Waals surface area (Å²) in [5, 5.41) is 9.92. The molecule has 18 heavy (non-hydrogen) atoms. The molecule has 0 aromatic carbocycles. The van der Waals surface area contributed by atoms with Crippen LogP contribution in [0.4, 0.5) is 4.39 Å². The van der Waals surface area contributed by atoms with Crippen molar-refractivity contribution in [1.82, 2.24) is 9.55 Å². The number of aromatic amines is 1. The first-order valence-corrected chi connectivity index (χ1v) is 6.09. The highest BCUT2D eigenvalue weighted by atomic mass is 19.1. The van der Waals surface area contributed by atoms with Crippen molar-refractivity contribution < 1.29 is 9.50 Å². The van der Waals surface area contributed by atoms with Crippen LogP contribution in [0.3, 0.4) is 0 Å². The van der Waals surface area contributed by atoms with Gasteiger partial charge in [0, 0.05) is 6.04 Å². The van der Waals surface area contributed by atoms with Gasteiger partial charge in [-0.05, 0) is 24.7 Å². The Morgan fingerprint density at radius 3 is 2.67 bits per heavy atom. The van der Waals surface area contributed by atoms with Crippen molar-refractivity contribution in [1.29, 1.82) is 0 Å². The van der Waals surface area contributed by atoms with Crippen LogP contribution in [0.1, 0.15) is 32.7 Å². The highest BCUT2D eigenvalue weighted by Gasteiger charge is 2.36. The van der Waals surface area contributed by atoms with Gasteiger partial charge in [-0.1, -0.05) is 13.8 Å². The standard InChI is InChI=1S/C12H17FN2O3/c1-6(2)8-3-7(4-10(8)16)15-5-9(13)11(17)14-12(15)18/h5-8,10,16H,3-4H2,1-2H3,(H,14,17,18)/t7-,8-,10?/m1/s1. The van der Waals surface area contributed by atoms with Gasteiger partial charge in [0.05, 0.1) is 12.3 Å². The van der Waals surface area contributed by atoms with Gasteiger partial charge in [0.1, 0.15) is 0 Å². The van der Waals surface area contributed by atoms with E-state index < -0.39 is 23.2 Å². The lowest BCUT2D eigenvalue weighted by Crippen LogP contribution is -2.33. The van der Waals surface area contributed by atoms with Gasteiger partial charge >= 0.3 is 5.69 Å². The Labute approximate surface area is 103 Å². The van der Waals surface area contributed by atoms with Gasteiger partial charge in [-0.25, -0.2) is 4.79 Å². The molecule has 1 heterocycles. The number of hydrogen-bond acceptors (Lipinski definition) is 3. The molecule has 2 N–H and O–H groups in total. The fraction of sp³-hybridized carbons (Fsp3) is 0.667. The first-order chi connectivity index (χ1) is 8.40. The lowest BCUT2D eigenvalue weighted by Gasteiger charge is -2.17. The van der Waals surface area contributed by atoms with E-state index in [1.165, 1.54) is 4.57 Å². The van der Waals surface area contributed by atoms with Crippen molar-refractivity contribution in [3.8, 4) is 0 Å². The Hall–Kier alpha value is -1.43. The number of aliphatic hydroxyl groups excluding tert-OH is 1. The van der Waals surface area contributed by atoms with Crippen LogP contribution >= 0.6 is 0 Å². The van der Waals surface area contributed by atoms with Crippen LogP contribution in [0.15, 0.2) is 15.8 Å². The Bertz CT molecular complexity index is 549. The van der Waals surface area contributed by atoms with E-state index in [-0.39, 0.29) is 12.0 Å². The third-order valence-corrected chi connectivity index (χ3v) is 3.73. The first-order valence-electron chi connectivity index (χ1n) is 6.09. The molecule has 0 radical (unpaired) electrons. The lowest BCUT2D eigenvalue weighted by atomic mass is 9.92. The van der Waals surface area contributed by atoms with Gasteiger partial charge in [0.2, 0.25) is 5.82 Å². The van der Waals surface area contributed by atoms with Crippen molar-refractivity contribution in [3.05, 3.63) is 32.9 Å². The average Bonchev–Trinajstić information content (AvgIpc) is 2.65. The van der Waals surface area contributed by atoms with E-state index in [0.717, 1.165) is 6.20 Å². The minimum atomic E-state index is -1.00. The van der Waals surface area contributed by atoms with E-state index >= 15 is 0 Å². The molecule has 6 heteroatoms. The Morgan fingerprint density at radius 1 is 1.44 bits per heavy atom. The summed E-state index contributed by atoms with van der Waals surface area (Å²) in [7, 11) is 0. The SMILES string of the molecule is CC(C)[C@H]1C[C@@H](n2cc(F)c(=O)[nH]c2=O)CC1O. The molecule has 1 aromatic rings. The lowest BCUT2D eigenvalue weighted by molar-refractivity contribution is 0.107. The molecule has 3 atom stereocenters. The van der Waals surface area contributed by atoms with Crippen molar-refractivity contribution >= 4 is 0 Å². The van der Waals surface area contributed by atoms with E-state index in [1.807, 2.05) is 18.8 Å². The van der Waals surface area contributed by atoms with Gasteiger partial charge in [0.15, 0.2) is 0 Å². The van der Waals surface area contributed by atoms with Crippen molar-refractivity contribution in [2.75, 3.05) is 0 Å². The zero-order chi connectivity index (χ0) is 13.4. The summed E-state index contributed by atoms with van der Waals surface area (Å²) in [5.74, 6) is -0.581. The second kappa shape index (κ2) is 4.68. The molecule has 2 rings (SSSR count). The quantitative estimate of drug-likeness (QED) is 0.815. The van der Waals surface area contributed by atoms with Crippen LogP contribution in [0.2, 0.25) is 0 Å². The first kappa shape index (κ1) is 13.0. The molecule has 1 aliphatic rings. The molecule has 0 bridgehead atoms. The fourth-order valence-electron chi connectivity index (χ4n) is 2.70. The van der Waals surface area contributed by atoms with E-state index in [2.05, 4.69) is 0 Å². The molecular formula is C12H17FN2O3. The third-order valence-electron chi connectivity index (χ3n) is 3.73. The summed E-state index contributed by atoms with van der Waals surface area (Å²) in [6.07, 6.45) is 1.47. The van der Waals surface area contributed by atoms with E-state index in [9.17, 15) is 19.1 Å². The largest absolute Gasteiger partial charge is 0.393 e. The predicted octanol–water partition coefficient (Wildman–Crippen LogP) is 0.644. The predicted molar refractivity (Wildman–Crippen MR) is 63.9 cm³/mol. The fourth-order valence-corrected chi connectivity index (χ4v) is 2.70. The maximum Gasteiger partial charge on any atom is 0.328 e. The summed E-state index contributed by atoms with van der Waals surface area (Å²) in [5.41, 5.74) is -1.63. The molecule has 5 nitrogen and oxygen atoms in total. The second-order valence-electron chi connectivity index (χ2n) is 5.24. The van der Waals surface area contributed by atoms with Crippen LogP contribution in [0, 0.1) is 17.7 Å². The topological polar surface area (TPSA) is 75.1 Å². The number of hydrogen-bond donors (Lipinski definition) is 2. The van der Waals surface area contributed by atoms with Crippen LogP contribution in [0.25, 0.3) is 0 Å². The molecule has 0 amide bonds. The van der Waals surface area contributed by atoms with Gasteiger partial charge in [-0.2, -0.15) is 4.39 Å². The molecule has 100 valence electrons. The van der Waals surface area contributed by atoms with Crippen LogP contribution < -0.4 is 11.2 Å². The third kappa shape index (κ3) is 2.25. The summed E-state index contributed by atoms with van der Waals surface area (Å²) in [6, 6.07) is -0.258. The average molecular weight is 256 g/mol.